The molecule has 3 aliphatic rings. The standard InChI is InChI=1S/C19H22O3/c1-9-7-10(2)14(11(3)8-9)15-17(20)16-12-5-6-13(22-12)19(16,4)18(15)21/h7-8,12-13,16,20H,5-6H2,1-4H3/t12-,13+,16+,19+/m1/s1. The zero-order valence-electron chi connectivity index (χ0n) is 13.6. The summed E-state index contributed by atoms with van der Waals surface area (Å²) in [4.78, 5) is 13.2. The zero-order chi connectivity index (χ0) is 15.8. The monoisotopic (exact) mass is 298 g/mol. The summed E-state index contributed by atoms with van der Waals surface area (Å²) in [5.74, 6) is 0.167. The number of aryl methyl sites for hydroxylation is 3. The zero-order valence-corrected chi connectivity index (χ0v) is 13.6. The molecule has 0 amide bonds. The molecule has 0 radical (unpaired) electrons. The van der Waals surface area contributed by atoms with Gasteiger partial charge in [-0.1, -0.05) is 17.7 Å². The average molecular weight is 298 g/mol. The van der Waals surface area contributed by atoms with E-state index in [9.17, 15) is 9.90 Å². The van der Waals surface area contributed by atoms with Crippen LogP contribution < -0.4 is 0 Å². The van der Waals surface area contributed by atoms with Gasteiger partial charge in [-0.25, -0.2) is 0 Å². The fourth-order valence-electron chi connectivity index (χ4n) is 5.04. The van der Waals surface area contributed by atoms with Gasteiger partial charge in [-0.05, 0) is 57.2 Å². The van der Waals surface area contributed by atoms with Crippen LogP contribution in [0, 0.1) is 32.1 Å². The maximum Gasteiger partial charge on any atom is 0.176 e. The smallest absolute Gasteiger partial charge is 0.176 e. The van der Waals surface area contributed by atoms with Crippen LogP contribution >= 0.6 is 0 Å². The molecule has 2 heterocycles. The number of aliphatic hydroxyl groups is 1. The van der Waals surface area contributed by atoms with Gasteiger partial charge in [0.1, 0.15) is 5.76 Å². The number of fused-ring (bicyclic) bond motifs is 5. The number of carbonyl (C=O) groups is 1. The second-order valence-electron chi connectivity index (χ2n) is 7.36. The van der Waals surface area contributed by atoms with Crippen molar-refractivity contribution < 1.29 is 14.6 Å². The Kier molecular flexibility index (Phi) is 2.69. The van der Waals surface area contributed by atoms with Crippen LogP contribution in [-0.4, -0.2) is 23.1 Å². The number of rotatable bonds is 1. The van der Waals surface area contributed by atoms with Crippen molar-refractivity contribution >= 4 is 11.4 Å². The summed E-state index contributed by atoms with van der Waals surface area (Å²) < 4.78 is 5.93. The molecule has 2 fully saturated rings. The highest BCUT2D eigenvalue weighted by molar-refractivity contribution is 6.27. The van der Waals surface area contributed by atoms with Crippen molar-refractivity contribution in [3.8, 4) is 0 Å². The molecule has 2 bridgehead atoms. The van der Waals surface area contributed by atoms with E-state index >= 15 is 0 Å². The predicted octanol–water partition coefficient (Wildman–Crippen LogP) is 3.65. The van der Waals surface area contributed by atoms with E-state index < -0.39 is 5.41 Å². The van der Waals surface area contributed by atoms with E-state index in [0.29, 0.717) is 5.57 Å². The lowest BCUT2D eigenvalue weighted by molar-refractivity contribution is -0.125. The second kappa shape index (κ2) is 4.23. The van der Waals surface area contributed by atoms with Gasteiger partial charge < -0.3 is 9.84 Å². The molecule has 1 aromatic rings. The first kappa shape index (κ1) is 14.0. The molecule has 4 atom stereocenters. The number of carbonyl (C=O) groups excluding carboxylic acids is 1. The molecule has 0 saturated carbocycles. The fraction of sp³-hybridized carbons (Fsp3) is 0.526. The first-order valence-electron chi connectivity index (χ1n) is 8.07. The van der Waals surface area contributed by atoms with Gasteiger partial charge in [-0.15, -0.1) is 0 Å². The lowest BCUT2D eigenvalue weighted by Gasteiger charge is -2.31. The van der Waals surface area contributed by atoms with Crippen LogP contribution in [0.25, 0.3) is 5.57 Å². The van der Waals surface area contributed by atoms with E-state index in [4.69, 9.17) is 4.74 Å². The van der Waals surface area contributed by atoms with Gasteiger partial charge in [0.15, 0.2) is 5.78 Å². The van der Waals surface area contributed by atoms with Crippen LogP contribution in [0.4, 0.5) is 0 Å². The van der Waals surface area contributed by atoms with Crippen LogP contribution in [-0.2, 0) is 9.53 Å². The number of benzene rings is 1. The minimum atomic E-state index is -0.577. The lowest BCUT2D eigenvalue weighted by atomic mass is 9.68. The average Bonchev–Trinajstić information content (AvgIpc) is 3.05. The second-order valence-corrected chi connectivity index (χ2v) is 7.36. The van der Waals surface area contributed by atoms with Crippen molar-refractivity contribution in [2.24, 2.45) is 11.3 Å². The summed E-state index contributed by atoms with van der Waals surface area (Å²) in [6.45, 7) is 8.07. The van der Waals surface area contributed by atoms with Crippen molar-refractivity contribution in [1.29, 1.82) is 0 Å². The third kappa shape index (κ3) is 1.48. The summed E-state index contributed by atoms with van der Waals surface area (Å²) in [6.07, 6.45) is 1.83. The quantitative estimate of drug-likeness (QED) is 0.861. The highest BCUT2D eigenvalue weighted by atomic mass is 16.5. The maximum atomic E-state index is 13.2. The Hall–Kier alpha value is -1.61. The van der Waals surface area contributed by atoms with Crippen LogP contribution in [0.2, 0.25) is 0 Å². The first-order chi connectivity index (χ1) is 10.4. The number of ether oxygens (including phenoxy) is 1. The molecule has 116 valence electrons. The van der Waals surface area contributed by atoms with Gasteiger partial charge in [-0.3, -0.25) is 4.79 Å². The fourth-order valence-corrected chi connectivity index (χ4v) is 5.04. The normalized spacial score (nSPS) is 36.4. The van der Waals surface area contributed by atoms with E-state index in [-0.39, 0.29) is 29.7 Å². The molecule has 0 unspecified atom stereocenters. The van der Waals surface area contributed by atoms with E-state index in [1.165, 1.54) is 5.56 Å². The molecule has 3 heteroatoms. The Balaban J connectivity index is 1.92. The third-order valence-electron chi connectivity index (χ3n) is 5.93. The number of allylic oxidation sites excluding steroid dienone is 1. The van der Waals surface area contributed by atoms with E-state index in [2.05, 4.69) is 19.1 Å². The Morgan fingerprint density at radius 2 is 1.82 bits per heavy atom. The van der Waals surface area contributed by atoms with Gasteiger partial charge in [0, 0.05) is 0 Å². The number of hydrogen-bond acceptors (Lipinski definition) is 3. The summed E-state index contributed by atoms with van der Waals surface area (Å²) in [7, 11) is 0. The SMILES string of the molecule is Cc1cc(C)c(C2=C(O)[C@@H]3[C@H]4CC[C@H](O4)[C@]3(C)C2=O)c(C)c1. The van der Waals surface area contributed by atoms with E-state index in [1.807, 2.05) is 20.8 Å². The summed E-state index contributed by atoms with van der Waals surface area (Å²) in [5, 5.41) is 10.9. The topological polar surface area (TPSA) is 46.5 Å². The van der Waals surface area contributed by atoms with Crippen molar-refractivity contribution in [3.05, 3.63) is 40.1 Å². The van der Waals surface area contributed by atoms with Gasteiger partial charge in [-0.2, -0.15) is 0 Å². The van der Waals surface area contributed by atoms with Gasteiger partial charge in [0.25, 0.3) is 0 Å². The highest BCUT2D eigenvalue weighted by Gasteiger charge is 2.66. The third-order valence-corrected chi connectivity index (χ3v) is 5.93. The molecule has 2 saturated heterocycles. The molecule has 0 spiro atoms. The molecule has 2 aliphatic heterocycles. The van der Waals surface area contributed by atoms with Crippen molar-refractivity contribution in [2.75, 3.05) is 0 Å². The molecule has 3 nitrogen and oxygen atoms in total. The number of aliphatic hydroxyl groups excluding tert-OH is 1. The van der Waals surface area contributed by atoms with Gasteiger partial charge in [0.05, 0.1) is 29.1 Å². The largest absolute Gasteiger partial charge is 0.511 e. The Morgan fingerprint density at radius 3 is 2.41 bits per heavy atom. The lowest BCUT2D eigenvalue weighted by Crippen LogP contribution is -2.40. The number of hydrogen-bond donors (Lipinski definition) is 1. The predicted molar refractivity (Wildman–Crippen MR) is 84.7 cm³/mol. The number of ketones is 1. The molecule has 4 rings (SSSR count). The molecule has 22 heavy (non-hydrogen) atoms. The van der Waals surface area contributed by atoms with Crippen LogP contribution in [0.5, 0.6) is 0 Å². The van der Waals surface area contributed by atoms with Crippen molar-refractivity contribution in [1.82, 2.24) is 0 Å². The van der Waals surface area contributed by atoms with Crippen LogP contribution in [0.15, 0.2) is 17.9 Å². The Morgan fingerprint density at radius 1 is 1.18 bits per heavy atom. The van der Waals surface area contributed by atoms with Gasteiger partial charge in [0.2, 0.25) is 0 Å². The Labute approximate surface area is 131 Å². The van der Waals surface area contributed by atoms with E-state index in [0.717, 1.165) is 29.5 Å². The first-order valence-corrected chi connectivity index (χ1v) is 8.07. The van der Waals surface area contributed by atoms with Crippen LogP contribution in [0.3, 0.4) is 0 Å². The number of Topliss-reactive ketones (excluding diaryl/α,β-unsaturated/α-hetero) is 1. The molecule has 0 aromatic heterocycles. The van der Waals surface area contributed by atoms with E-state index in [1.54, 1.807) is 0 Å². The van der Waals surface area contributed by atoms with Crippen molar-refractivity contribution in [2.45, 2.75) is 52.7 Å². The van der Waals surface area contributed by atoms with Crippen LogP contribution in [0.1, 0.15) is 42.0 Å². The Bertz CT molecular complexity index is 707. The highest BCUT2D eigenvalue weighted by Crippen LogP contribution is 2.61. The molecular weight excluding hydrogens is 276 g/mol. The summed E-state index contributed by atoms with van der Waals surface area (Å²) >= 11 is 0. The summed E-state index contributed by atoms with van der Waals surface area (Å²) in [5.41, 5.74) is 4.19. The minimum absolute atomic E-state index is 0.00232. The molecule has 1 aromatic carbocycles. The molecule has 1 aliphatic carbocycles. The minimum Gasteiger partial charge on any atom is -0.511 e. The van der Waals surface area contributed by atoms with Crippen molar-refractivity contribution in [3.63, 3.8) is 0 Å². The molecular formula is C19H22O3. The maximum absolute atomic E-state index is 13.2. The molecule has 1 N–H and O–H groups in total. The van der Waals surface area contributed by atoms with Gasteiger partial charge >= 0.3 is 0 Å². The summed E-state index contributed by atoms with van der Waals surface area (Å²) in [6, 6.07) is 4.16.